The molecule has 0 N–H and O–H groups in total. The maximum Gasteiger partial charge on any atom is 0.252 e. The average molecular weight is 345 g/mol. The Hall–Kier alpha value is -1.61. The summed E-state index contributed by atoms with van der Waals surface area (Å²) in [5, 5.41) is 9.56. The molecule has 1 heterocycles. The molecule has 122 valence electrons. The number of pyridine rings is 1. The maximum atomic E-state index is 13.3. The first-order chi connectivity index (χ1) is 10.7. The number of hydrogen-bond acceptors (Lipinski definition) is 2. The molecule has 2 nitrogen and oxygen atoms in total. The Labute approximate surface area is 135 Å². The summed E-state index contributed by atoms with van der Waals surface area (Å²) < 4.78 is 53.0. The summed E-state index contributed by atoms with van der Waals surface area (Å²) in [6, 6.07) is 3.42. The van der Waals surface area contributed by atoms with Gasteiger partial charge in [-0.15, -0.1) is 0 Å². The summed E-state index contributed by atoms with van der Waals surface area (Å²) >= 11 is 6.09. The standard InChI is InChI=1S/C16H13ClF4N2/c17-12-6-23-13(14(9-22)7-16(20,21)8-14)5-11(12)10-1-3-15(18,19)4-2-10/h1,5-6H,2-4,7-8H2. The molecule has 23 heavy (non-hydrogen) atoms. The van der Waals surface area contributed by atoms with E-state index in [-0.39, 0.29) is 30.0 Å². The maximum absolute atomic E-state index is 13.3. The Morgan fingerprint density at radius 2 is 1.87 bits per heavy atom. The van der Waals surface area contributed by atoms with Crippen molar-refractivity contribution in [2.24, 2.45) is 0 Å². The number of halogens is 5. The first-order valence-electron chi connectivity index (χ1n) is 7.19. The molecule has 1 saturated carbocycles. The van der Waals surface area contributed by atoms with Crippen molar-refractivity contribution in [3.05, 3.63) is 34.6 Å². The van der Waals surface area contributed by atoms with Gasteiger partial charge in [-0.1, -0.05) is 17.7 Å². The lowest BCUT2D eigenvalue weighted by Crippen LogP contribution is -2.48. The Balaban J connectivity index is 1.95. The zero-order chi connectivity index (χ0) is 16.9. The largest absolute Gasteiger partial charge is 0.258 e. The minimum Gasteiger partial charge on any atom is -0.258 e. The van der Waals surface area contributed by atoms with Crippen LogP contribution in [0.5, 0.6) is 0 Å². The highest BCUT2D eigenvalue weighted by Gasteiger charge is 2.59. The molecular weight excluding hydrogens is 332 g/mol. The van der Waals surface area contributed by atoms with E-state index in [2.05, 4.69) is 4.98 Å². The van der Waals surface area contributed by atoms with Gasteiger partial charge in [0, 0.05) is 31.9 Å². The van der Waals surface area contributed by atoms with Crippen molar-refractivity contribution in [2.75, 3.05) is 0 Å². The molecule has 0 aromatic carbocycles. The number of allylic oxidation sites excluding steroid dienone is 2. The molecule has 3 rings (SSSR count). The van der Waals surface area contributed by atoms with Gasteiger partial charge in [0.15, 0.2) is 0 Å². The Morgan fingerprint density at radius 3 is 2.39 bits per heavy atom. The van der Waals surface area contributed by atoms with Gasteiger partial charge in [0.2, 0.25) is 0 Å². The second kappa shape index (κ2) is 5.20. The van der Waals surface area contributed by atoms with E-state index in [1.54, 1.807) is 0 Å². The third-order valence-corrected chi connectivity index (χ3v) is 4.73. The molecule has 0 saturated heterocycles. The summed E-state index contributed by atoms with van der Waals surface area (Å²) in [6.07, 6.45) is 1.04. The van der Waals surface area contributed by atoms with Crippen LogP contribution in [0.2, 0.25) is 5.02 Å². The van der Waals surface area contributed by atoms with Crippen molar-refractivity contribution in [1.29, 1.82) is 5.26 Å². The first-order valence-corrected chi connectivity index (χ1v) is 7.57. The number of hydrogen-bond donors (Lipinski definition) is 0. The molecule has 1 fully saturated rings. The lowest BCUT2D eigenvalue weighted by Gasteiger charge is -2.41. The van der Waals surface area contributed by atoms with Crippen molar-refractivity contribution >= 4 is 17.2 Å². The fourth-order valence-electron chi connectivity index (χ4n) is 3.13. The summed E-state index contributed by atoms with van der Waals surface area (Å²) in [7, 11) is 0. The molecule has 0 spiro atoms. The van der Waals surface area contributed by atoms with Crippen LogP contribution in [0.1, 0.15) is 43.4 Å². The van der Waals surface area contributed by atoms with E-state index in [4.69, 9.17) is 11.6 Å². The average Bonchev–Trinajstić information content (AvgIpc) is 2.45. The quantitative estimate of drug-likeness (QED) is 0.697. The van der Waals surface area contributed by atoms with E-state index in [1.807, 2.05) is 6.07 Å². The first kappa shape index (κ1) is 16.3. The summed E-state index contributed by atoms with van der Waals surface area (Å²) in [5.74, 6) is -5.60. The molecule has 0 radical (unpaired) electrons. The predicted molar refractivity (Wildman–Crippen MR) is 77.5 cm³/mol. The van der Waals surface area contributed by atoms with E-state index in [0.717, 1.165) is 0 Å². The van der Waals surface area contributed by atoms with Crippen molar-refractivity contribution in [2.45, 2.75) is 49.4 Å². The van der Waals surface area contributed by atoms with Crippen LogP contribution in [0.15, 0.2) is 18.3 Å². The van der Waals surface area contributed by atoms with E-state index >= 15 is 0 Å². The highest BCUT2D eigenvalue weighted by atomic mass is 35.5. The van der Waals surface area contributed by atoms with Gasteiger partial charge >= 0.3 is 0 Å². The van der Waals surface area contributed by atoms with Crippen LogP contribution in [-0.4, -0.2) is 16.8 Å². The van der Waals surface area contributed by atoms with Gasteiger partial charge in [0.05, 0.1) is 16.8 Å². The van der Waals surface area contributed by atoms with Crippen molar-refractivity contribution in [3.8, 4) is 6.07 Å². The second-order valence-electron chi connectivity index (χ2n) is 6.24. The molecular formula is C16H13ClF4N2. The van der Waals surface area contributed by atoms with Crippen LogP contribution < -0.4 is 0 Å². The van der Waals surface area contributed by atoms with Crippen LogP contribution in [-0.2, 0) is 5.41 Å². The van der Waals surface area contributed by atoms with E-state index in [1.165, 1.54) is 18.3 Å². The third kappa shape index (κ3) is 2.94. The van der Waals surface area contributed by atoms with Gasteiger partial charge in [0.1, 0.15) is 5.41 Å². The SMILES string of the molecule is N#CC1(c2cc(C3=CCC(F)(F)CC3)c(Cl)cn2)CC(F)(F)C1. The van der Waals surface area contributed by atoms with Crippen LogP contribution >= 0.6 is 11.6 Å². The molecule has 2 aliphatic carbocycles. The predicted octanol–water partition coefficient (Wildman–Crippen LogP) is 5.13. The highest BCUT2D eigenvalue weighted by Crippen LogP contribution is 2.53. The molecule has 1 aromatic heterocycles. The second-order valence-corrected chi connectivity index (χ2v) is 6.65. The van der Waals surface area contributed by atoms with Gasteiger partial charge in [-0.05, 0) is 23.6 Å². The fourth-order valence-corrected chi connectivity index (χ4v) is 3.36. The molecule has 0 aliphatic heterocycles. The van der Waals surface area contributed by atoms with Crippen LogP contribution in [0.3, 0.4) is 0 Å². The molecule has 7 heteroatoms. The van der Waals surface area contributed by atoms with Gasteiger partial charge in [0.25, 0.3) is 11.8 Å². The topological polar surface area (TPSA) is 36.7 Å². The van der Waals surface area contributed by atoms with E-state index < -0.39 is 30.1 Å². The lowest BCUT2D eigenvalue weighted by atomic mass is 9.64. The van der Waals surface area contributed by atoms with Crippen molar-refractivity contribution in [3.63, 3.8) is 0 Å². The van der Waals surface area contributed by atoms with Gasteiger partial charge in [-0.2, -0.15) is 5.26 Å². The van der Waals surface area contributed by atoms with Crippen molar-refractivity contribution in [1.82, 2.24) is 4.98 Å². The zero-order valence-electron chi connectivity index (χ0n) is 12.1. The monoisotopic (exact) mass is 344 g/mol. The summed E-state index contributed by atoms with van der Waals surface area (Å²) in [6.45, 7) is 0. The lowest BCUT2D eigenvalue weighted by molar-refractivity contribution is -0.110. The van der Waals surface area contributed by atoms with Crippen molar-refractivity contribution < 1.29 is 17.6 Å². The molecule has 1 aromatic rings. The molecule has 0 bridgehead atoms. The normalized spacial score (nSPS) is 24.3. The number of aromatic nitrogens is 1. The van der Waals surface area contributed by atoms with Crippen LogP contribution in [0.25, 0.3) is 5.57 Å². The zero-order valence-corrected chi connectivity index (χ0v) is 12.8. The highest BCUT2D eigenvalue weighted by molar-refractivity contribution is 6.32. The molecule has 0 unspecified atom stereocenters. The van der Waals surface area contributed by atoms with E-state index in [0.29, 0.717) is 11.1 Å². The number of nitriles is 1. The summed E-state index contributed by atoms with van der Waals surface area (Å²) in [5.41, 5.74) is 0.0338. The van der Waals surface area contributed by atoms with Gasteiger partial charge in [-0.25, -0.2) is 17.6 Å². The van der Waals surface area contributed by atoms with Gasteiger partial charge in [-0.3, -0.25) is 4.98 Å². The third-order valence-electron chi connectivity index (χ3n) is 4.43. The Bertz CT molecular complexity index is 713. The molecule has 0 atom stereocenters. The smallest absolute Gasteiger partial charge is 0.252 e. The Morgan fingerprint density at radius 1 is 1.17 bits per heavy atom. The summed E-state index contributed by atoms with van der Waals surface area (Å²) in [4.78, 5) is 4.03. The minimum atomic E-state index is -2.87. The Kier molecular flexibility index (Phi) is 3.68. The molecule has 2 aliphatic rings. The number of rotatable bonds is 2. The molecule has 0 amide bonds. The van der Waals surface area contributed by atoms with Crippen LogP contribution in [0, 0.1) is 11.3 Å². The number of nitrogens with zero attached hydrogens (tertiary/aromatic N) is 2. The minimum absolute atomic E-state index is 0.145. The van der Waals surface area contributed by atoms with Crippen LogP contribution in [0.4, 0.5) is 17.6 Å². The van der Waals surface area contributed by atoms with E-state index in [9.17, 15) is 22.8 Å². The van der Waals surface area contributed by atoms with Gasteiger partial charge < -0.3 is 0 Å². The number of alkyl halides is 4. The fraction of sp³-hybridized carbons (Fsp3) is 0.500.